The van der Waals surface area contributed by atoms with Crippen LogP contribution in [0.1, 0.15) is 17.2 Å². The number of nitrogens with two attached hydrogens (primary N) is 1. The predicted octanol–water partition coefficient (Wildman–Crippen LogP) is 2.40. The first-order valence-corrected chi connectivity index (χ1v) is 6.14. The van der Waals surface area contributed by atoms with Gasteiger partial charge in [0.1, 0.15) is 0 Å². The zero-order valence-corrected chi connectivity index (χ0v) is 10.3. The molecule has 0 spiro atoms. The molecule has 0 aliphatic heterocycles. The molecule has 3 rings (SSSR count). The van der Waals surface area contributed by atoms with Crippen LogP contribution in [0.4, 0.5) is 4.79 Å². The summed E-state index contributed by atoms with van der Waals surface area (Å²) in [7, 11) is 0. The van der Waals surface area contributed by atoms with Crippen molar-refractivity contribution in [2.75, 3.05) is 6.67 Å². The van der Waals surface area contributed by atoms with Crippen LogP contribution >= 0.6 is 0 Å². The molecule has 0 atom stereocenters. The van der Waals surface area contributed by atoms with E-state index in [0.717, 1.165) is 22.3 Å². The molecule has 0 unspecified atom stereocenters. The van der Waals surface area contributed by atoms with E-state index in [1.165, 1.54) is 0 Å². The maximum Gasteiger partial charge on any atom is 0.409 e. The van der Waals surface area contributed by atoms with E-state index < -0.39 is 6.09 Å². The number of hydrogen-bond acceptors (Lipinski definition) is 3. The summed E-state index contributed by atoms with van der Waals surface area (Å²) in [5.74, 6) is 0. The van der Waals surface area contributed by atoms with Crippen molar-refractivity contribution in [3.8, 4) is 11.1 Å². The van der Waals surface area contributed by atoms with E-state index in [4.69, 9.17) is 10.5 Å². The zero-order valence-electron chi connectivity index (χ0n) is 10.3. The summed E-state index contributed by atoms with van der Waals surface area (Å²) in [5, 5.41) is 2.45. The molecule has 0 bridgehead atoms. The normalized spacial score (nSPS) is 12.7. The summed E-state index contributed by atoms with van der Waals surface area (Å²) >= 11 is 0. The summed E-state index contributed by atoms with van der Waals surface area (Å²) in [6.45, 7) is 0.0643. The van der Waals surface area contributed by atoms with Gasteiger partial charge in [-0.1, -0.05) is 48.5 Å². The van der Waals surface area contributed by atoms with E-state index in [0.29, 0.717) is 0 Å². The zero-order chi connectivity index (χ0) is 13.2. The van der Waals surface area contributed by atoms with Crippen LogP contribution in [-0.4, -0.2) is 12.8 Å². The van der Waals surface area contributed by atoms with Crippen molar-refractivity contribution in [2.24, 2.45) is 5.73 Å². The monoisotopic (exact) mass is 254 g/mol. The Morgan fingerprint density at radius 3 is 2.11 bits per heavy atom. The number of fused-ring (bicyclic) bond motifs is 3. The van der Waals surface area contributed by atoms with Crippen LogP contribution in [0.15, 0.2) is 48.5 Å². The molecular formula is C15H14N2O2. The Morgan fingerprint density at radius 2 is 1.58 bits per heavy atom. The van der Waals surface area contributed by atoms with Gasteiger partial charge in [0.25, 0.3) is 0 Å². The minimum atomic E-state index is -0.501. The molecule has 1 aliphatic carbocycles. The summed E-state index contributed by atoms with van der Waals surface area (Å²) in [6.07, 6.45) is -0.863. The van der Waals surface area contributed by atoms with Crippen molar-refractivity contribution in [2.45, 2.75) is 6.10 Å². The van der Waals surface area contributed by atoms with Crippen LogP contribution in [0.3, 0.4) is 0 Å². The van der Waals surface area contributed by atoms with Crippen molar-refractivity contribution in [3.05, 3.63) is 59.7 Å². The molecule has 4 heteroatoms. The lowest BCUT2D eigenvalue weighted by Crippen LogP contribution is -2.30. The SMILES string of the molecule is NCNC(=O)OC1c2ccccc2-c2ccccc21. The van der Waals surface area contributed by atoms with Gasteiger partial charge < -0.3 is 15.8 Å². The van der Waals surface area contributed by atoms with Gasteiger partial charge in [-0.2, -0.15) is 0 Å². The number of benzene rings is 2. The minimum Gasteiger partial charge on any atom is -0.436 e. The molecule has 0 heterocycles. The highest BCUT2D eigenvalue weighted by Gasteiger charge is 2.30. The number of nitrogens with one attached hydrogen (secondary N) is 1. The van der Waals surface area contributed by atoms with E-state index in [1.807, 2.05) is 48.5 Å². The fourth-order valence-electron chi connectivity index (χ4n) is 2.47. The average molecular weight is 254 g/mol. The number of ether oxygens (including phenoxy) is 1. The smallest absolute Gasteiger partial charge is 0.409 e. The number of alkyl carbamates (subject to hydrolysis) is 1. The van der Waals surface area contributed by atoms with Crippen LogP contribution in [0.25, 0.3) is 11.1 Å². The molecule has 0 radical (unpaired) electrons. The lowest BCUT2D eigenvalue weighted by Gasteiger charge is -2.14. The lowest BCUT2D eigenvalue weighted by atomic mass is 10.1. The van der Waals surface area contributed by atoms with Gasteiger partial charge in [0.2, 0.25) is 0 Å². The predicted molar refractivity (Wildman–Crippen MR) is 72.4 cm³/mol. The van der Waals surface area contributed by atoms with Gasteiger partial charge in [0, 0.05) is 11.1 Å². The standard InChI is InChI=1S/C15H14N2O2/c16-9-17-15(18)19-14-12-7-3-1-5-10(12)11-6-2-4-8-13(11)14/h1-8,14H,9,16H2,(H,17,18). The number of rotatable bonds is 2. The van der Waals surface area contributed by atoms with Gasteiger partial charge >= 0.3 is 6.09 Å². The second-order valence-corrected chi connectivity index (χ2v) is 4.34. The van der Waals surface area contributed by atoms with Gasteiger partial charge in [0.05, 0.1) is 6.67 Å². The molecule has 0 fully saturated rings. The molecule has 2 aromatic rings. The molecule has 0 saturated heterocycles. The average Bonchev–Trinajstić information content (AvgIpc) is 2.75. The molecular weight excluding hydrogens is 240 g/mol. The Bertz CT molecular complexity index is 580. The van der Waals surface area contributed by atoms with Crippen molar-refractivity contribution in [3.63, 3.8) is 0 Å². The van der Waals surface area contributed by atoms with E-state index in [2.05, 4.69) is 5.32 Å². The Balaban J connectivity index is 2.02. The summed E-state index contributed by atoms with van der Waals surface area (Å²) in [5.41, 5.74) is 9.53. The second kappa shape index (κ2) is 4.74. The van der Waals surface area contributed by atoms with E-state index in [9.17, 15) is 4.79 Å². The number of carbonyl (C=O) groups excluding carboxylic acids is 1. The largest absolute Gasteiger partial charge is 0.436 e. The Morgan fingerprint density at radius 1 is 1.05 bits per heavy atom. The highest BCUT2D eigenvalue weighted by atomic mass is 16.6. The fourth-order valence-corrected chi connectivity index (χ4v) is 2.47. The highest BCUT2D eigenvalue weighted by Crippen LogP contribution is 2.44. The van der Waals surface area contributed by atoms with Crippen molar-refractivity contribution in [1.29, 1.82) is 0 Å². The molecule has 3 N–H and O–H groups in total. The molecule has 19 heavy (non-hydrogen) atoms. The second-order valence-electron chi connectivity index (χ2n) is 4.34. The Labute approximate surface area is 111 Å². The molecule has 1 aliphatic rings. The van der Waals surface area contributed by atoms with Crippen molar-refractivity contribution in [1.82, 2.24) is 5.32 Å². The first-order valence-electron chi connectivity index (χ1n) is 6.14. The van der Waals surface area contributed by atoms with Gasteiger partial charge in [-0.25, -0.2) is 4.79 Å². The highest BCUT2D eigenvalue weighted by molar-refractivity contribution is 5.79. The number of hydrogen-bond donors (Lipinski definition) is 2. The van der Waals surface area contributed by atoms with E-state index >= 15 is 0 Å². The maximum absolute atomic E-state index is 11.6. The molecule has 96 valence electrons. The third kappa shape index (κ3) is 1.96. The fraction of sp³-hybridized carbons (Fsp3) is 0.133. The van der Waals surface area contributed by atoms with Crippen LogP contribution in [0.5, 0.6) is 0 Å². The molecule has 0 aromatic heterocycles. The lowest BCUT2D eigenvalue weighted by molar-refractivity contribution is 0.119. The minimum absolute atomic E-state index is 0.0643. The Kier molecular flexibility index (Phi) is 2.93. The first kappa shape index (κ1) is 11.7. The van der Waals surface area contributed by atoms with Crippen LogP contribution in [-0.2, 0) is 4.74 Å². The van der Waals surface area contributed by atoms with Crippen molar-refractivity contribution < 1.29 is 9.53 Å². The van der Waals surface area contributed by atoms with E-state index in [-0.39, 0.29) is 12.8 Å². The van der Waals surface area contributed by atoms with E-state index in [1.54, 1.807) is 0 Å². The van der Waals surface area contributed by atoms with Crippen LogP contribution in [0.2, 0.25) is 0 Å². The third-order valence-electron chi connectivity index (χ3n) is 3.25. The van der Waals surface area contributed by atoms with Crippen LogP contribution in [0, 0.1) is 0 Å². The summed E-state index contributed by atoms with van der Waals surface area (Å²) < 4.78 is 5.47. The Hall–Kier alpha value is -2.33. The summed E-state index contributed by atoms with van der Waals surface area (Å²) in [6, 6.07) is 15.9. The molecule has 2 aromatic carbocycles. The van der Waals surface area contributed by atoms with Gasteiger partial charge in [-0.05, 0) is 11.1 Å². The topological polar surface area (TPSA) is 64.3 Å². The number of amides is 1. The van der Waals surface area contributed by atoms with Gasteiger partial charge in [0.15, 0.2) is 6.10 Å². The molecule has 4 nitrogen and oxygen atoms in total. The maximum atomic E-state index is 11.6. The van der Waals surface area contributed by atoms with Gasteiger partial charge in [-0.3, -0.25) is 0 Å². The molecule has 1 amide bonds. The van der Waals surface area contributed by atoms with Crippen LogP contribution < -0.4 is 11.1 Å². The molecule has 0 saturated carbocycles. The third-order valence-corrected chi connectivity index (χ3v) is 3.25. The van der Waals surface area contributed by atoms with Crippen molar-refractivity contribution >= 4 is 6.09 Å². The quantitative estimate of drug-likeness (QED) is 0.809. The number of carbonyl (C=O) groups is 1. The van der Waals surface area contributed by atoms with Gasteiger partial charge in [-0.15, -0.1) is 0 Å². The summed E-state index contributed by atoms with van der Waals surface area (Å²) in [4.78, 5) is 11.6. The first-order chi connectivity index (χ1) is 9.31.